The molecule has 0 saturated carbocycles. The van der Waals surface area contributed by atoms with E-state index in [9.17, 15) is 9.90 Å². The molecule has 0 aliphatic carbocycles. The summed E-state index contributed by atoms with van der Waals surface area (Å²) in [5.41, 5.74) is 1.12. The Balaban J connectivity index is 1.36. The van der Waals surface area contributed by atoms with Crippen molar-refractivity contribution in [1.29, 1.82) is 0 Å². The van der Waals surface area contributed by atoms with Crippen LogP contribution in [0.25, 0.3) is 10.8 Å². The third-order valence-corrected chi connectivity index (χ3v) is 5.28. The van der Waals surface area contributed by atoms with Crippen LogP contribution in [0.5, 0.6) is 0 Å². The summed E-state index contributed by atoms with van der Waals surface area (Å²) >= 11 is 0. The minimum Gasteiger partial charge on any atom is -0.391 e. The van der Waals surface area contributed by atoms with Crippen molar-refractivity contribution in [2.75, 3.05) is 13.1 Å². The number of β-amino-alcohol motifs (C(OH)–C–C–N with tert-alkyl or cyclic N) is 1. The average Bonchev–Trinajstić information content (AvgIpc) is 3.19. The summed E-state index contributed by atoms with van der Waals surface area (Å²) < 4.78 is 5.04. The summed E-state index contributed by atoms with van der Waals surface area (Å²) in [4.78, 5) is 18.2. The van der Waals surface area contributed by atoms with Crippen LogP contribution in [-0.4, -0.2) is 45.4 Å². The smallest absolute Gasteiger partial charge is 0.317 e. The zero-order valence-corrected chi connectivity index (χ0v) is 15.8. The number of aliphatic hydroxyl groups is 1. The van der Waals surface area contributed by atoms with Crippen molar-refractivity contribution in [2.24, 2.45) is 0 Å². The van der Waals surface area contributed by atoms with Crippen molar-refractivity contribution in [3.8, 4) is 0 Å². The molecule has 1 aliphatic heterocycles. The molecule has 0 unspecified atom stereocenters. The van der Waals surface area contributed by atoms with E-state index in [0.717, 1.165) is 12.0 Å². The van der Waals surface area contributed by atoms with Crippen LogP contribution in [0.4, 0.5) is 4.79 Å². The number of carbonyl (C=O) groups is 1. The van der Waals surface area contributed by atoms with E-state index in [-0.39, 0.29) is 18.5 Å². The minimum atomic E-state index is -0.600. The summed E-state index contributed by atoms with van der Waals surface area (Å²) in [5.74, 6) is 1.03. The summed E-state index contributed by atoms with van der Waals surface area (Å²) in [5, 5.41) is 19.6. The van der Waals surface area contributed by atoms with E-state index in [1.54, 1.807) is 4.90 Å². The van der Waals surface area contributed by atoms with Crippen LogP contribution in [0.1, 0.15) is 36.5 Å². The normalized spacial score (nSPS) is 19.7. The first kappa shape index (κ1) is 18.4. The van der Waals surface area contributed by atoms with Gasteiger partial charge in [-0.1, -0.05) is 54.5 Å². The van der Waals surface area contributed by atoms with Gasteiger partial charge < -0.3 is 19.8 Å². The van der Waals surface area contributed by atoms with Crippen LogP contribution in [0.3, 0.4) is 0 Å². The van der Waals surface area contributed by atoms with E-state index >= 15 is 0 Å². The molecule has 3 aromatic rings. The Labute approximate surface area is 163 Å². The molecule has 0 radical (unpaired) electrons. The molecule has 0 bridgehead atoms. The number of hydrogen-bond acceptors (Lipinski definition) is 5. The molecule has 2 amide bonds. The molecule has 2 aromatic carbocycles. The molecule has 2 atom stereocenters. The molecule has 28 heavy (non-hydrogen) atoms. The van der Waals surface area contributed by atoms with Gasteiger partial charge in [0.25, 0.3) is 0 Å². The number of nitrogens with zero attached hydrogens (tertiary/aromatic N) is 3. The Bertz CT molecular complexity index is 971. The number of rotatable bonds is 4. The predicted octanol–water partition coefficient (Wildman–Crippen LogP) is 2.85. The maximum absolute atomic E-state index is 12.4. The van der Waals surface area contributed by atoms with Crippen molar-refractivity contribution in [2.45, 2.75) is 38.3 Å². The second-order valence-corrected chi connectivity index (χ2v) is 7.13. The molecular formula is C21H24N4O3. The first-order chi connectivity index (χ1) is 13.6. The topological polar surface area (TPSA) is 91.5 Å². The molecule has 4 rings (SSSR count). The number of piperidine rings is 1. The number of carbonyl (C=O) groups excluding carboxylic acids is 1. The first-order valence-electron chi connectivity index (χ1n) is 9.65. The van der Waals surface area contributed by atoms with Crippen molar-refractivity contribution in [1.82, 2.24) is 20.4 Å². The Morgan fingerprint density at radius 1 is 1.29 bits per heavy atom. The van der Waals surface area contributed by atoms with Gasteiger partial charge in [0, 0.05) is 25.4 Å². The molecule has 7 nitrogen and oxygen atoms in total. The second-order valence-electron chi connectivity index (χ2n) is 7.13. The Morgan fingerprint density at radius 2 is 2.11 bits per heavy atom. The molecule has 2 heterocycles. The van der Waals surface area contributed by atoms with Gasteiger partial charge in [-0.15, -0.1) is 0 Å². The van der Waals surface area contributed by atoms with Crippen molar-refractivity contribution >= 4 is 16.8 Å². The second kappa shape index (κ2) is 7.98. The van der Waals surface area contributed by atoms with E-state index in [1.807, 2.05) is 19.1 Å². The SMILES string of the molecule is CCc1nc(CNC(=O)N2CC[C@@H](c3ccc4ccccc4c3)[C@H](O)C2)no1. The number of fused-ring (bicyclic) bond motifs is 1. The van der Waals surface area contributed by atoms with Gasteiger partial charge in [-0.3, -0.25) is 0 Å². The number of amides is 2. The lowest BCUT2D eigenvalue weighted by molar-refractivity contribution is 0.0653. The van der Waals surface area contributed by atoms with Gasteiger partial charge in [0.15, 0.2) is 5.82 Å². The maximum Gasteiger partial charge on any atom is 0.317 e. The van der Waals surface area contributed by atoms with Gasteiger partial charge >= 0.3 is 6.03 Å². The standard InChI is InChI=1S/C21H24N4O3/c1-2-20-23-19(24-28-20)12-22-21(27)25-10-9-17(18(26)13-25)16-8-7-14-5-3-4-6-15(14)11-16/h3-8,11,17-18,26H,2,9-10,12-13H2,1H3,(H,22,27)/t17-,18+/m0/s1. The van der Waals surface area contributed by atoms with E-state index in [0.29, 0.717) is 31.2 Å². The molecule has 1 aliphatic rings. The zero-order valence-electron chi connectivity index (χ0n) is 15.8. The van der Waals surface area contributed by atoms with Gasteiger partial charge in [-0.05, 0) is 22.8 Å². The van der Waals surface area contributed by atoms with Gasteiger partial charge in [0.1, 0.15) is 0 Å². The van der Waals surface area contributed by atoms with Crippen LogP contribution in [0.15, 0.2) is 47.0 Å². The molecule has 7 heteroatoms. The number of likely N-dealkylation sites (tertiary alicyclic amines) is 1. The third-order valence-electron chi connectivity index (χ3n) is 5.28. The monoisotopic (exact) mass is 380 g/mol. The molecule has 1 saturated heterocycles. The number of aliphatic hydroxyl groups excluding tert-OH is 1. The van der Waals surface area contributed by atoms with Gasteiger partial charge in [0.2, 0.25) is 5.89 Å². The largest absolute Gasteiger partial charge is 0.391 e. The highest BCUT2D eigenvalue weighted by atomic mass is 16.5. The van der Waals surface area contributed by atoms with Crippen LogP contribution in [0.2, 0.25) is 0 Å². The van der Waals surface area contributed by atoms with Crippen LogP contribution < -0.4 is 5.32 Å². The first-order valence-corrected chi connectivity index (χ1v) is 9.65. The number of benzene rings is 2. The number of hydrogen-bond donors (Lipinski definition) is 2. The molecule has 0 spiro atoms. The van der Waals surface area contributed by atoms with E-state index in [2.05, 4.69) is 45.8 Å². The van der Waals surface area contributed by atoms with Crippen LogP contribution in [-0.2, 0) is 13.0 Å². The number of aromatic nitrogens is 2. The lowest BCUT2D eigenvalue weighted by Gasteiger charge is -2.36. The summed E-state index contributed by atoms with van der Waals surface area (Å²) in [6.07, 6.45) is 0.780. The van der Waals surface area contributed by atoms with Crippen molar-refractivity contribution < 1.29 is 14.4 Å². The quantitative estimate of drug-likeness (QED) is 0.726. The van der Waals surface area contributed by atoms with E-state index in [1.165, 1.54) is 10.8 Å². The Hall–Kier alpha value is -2.93. The average molecular weight is 380 g/mol. The maximum atomic E-state index is 12.4. The van der Waals surface area contributed by atoms with Crippen LogP contribution >= 0.6 is 0 Å². The lowest BCUT2D eigenvalue weighted by atomic mass is 9.86. The third kappa shape index (κ3) is 3.84. The Morgan fingerprint density at radius 3 is 2.86 bits per heavy atom. The van der Waals surface area contributed by atoms with Crippen molar-refractivity contribution in [3.63, 3.8) is 0 Å². The van der Waals surface area contributed by atoms with Gasteiger partial charge in [-0.25, -0.2) is 4.79 Å². The molecular weight excluding hydrogens is 356 g/mol. The number of urea groups is 1. The molecule has 146 valence electrons. The molecule has 2 N–H and O–H groups in total. The molecule has 1 aromatic heterocycles. The zero-order chi connectivity index (χ0) is 19.5. The lowest BCUT2D eigenvalue weighted by Crippen LogP contribution is -2.49. The Kier molecular flexibility index (Phi) is 5.25. The highest BCUT2D eigenvalue weighted by molar-refractivity contribution is 5.83. The highest BCUT2D eigenvalue weighted by Gasteiger charge is 2.31. The number of nitrogens with one attached hydrogen (secondary N) is 1. The fraction of sp³-hybridized carbons (Fsp3) is 0.381. The fourth-order valence-electron chi connectivity index (χ4n) is 3.72. The van der Waals surface area contributed by atoms with Gasteiger partial charge in [0.05, 0.1) is 12.6 Å². The fourth-order valence-corrected chi connectivity index (χ4v) is 3.72. The van der Waals surface area contributed by atoms with Crippen LogP contribution in [0, 0.1) is 0 Å². The van der Waals surface area contributed by atoms with Crippen molar-refractivity contribution in [3.05, 3.63) is 59.7 Å². The summed E-state index contributed by atoms with van der Waals surface area (Å²) in [6, 6.07) is 14.3. The molecule has 1 fully saturated rings. The van der Waals surface area contributed by atoms with E-state index < -0.39 is 6.10 Å². The summed E-state index contributed by atoms with van der Waals surface area (Å²) in [6.45, 7) is 3.03. The van der Waals surface area contributed by atoms with E-state index in [4.69, 9.17) is 4.52 Å². The predicted molar refractivity (Wildman–Crippen MR) is 105 cm³/mol. The number of aryl methyl sites for hydroxylation is 1. The summed E-state index contributed by atoms with van der Waals surface area (Å²) in [7, 11) is 0. The minimum absolute atomic E-state index is 0.0259. The van der Waals surface area contributed by atoms with Gasteiger partial charge in [-0.2, -0.15) is 4.98 Å². The highest BCUT2D eigenvalue weighted by Crippen LogP contribution is 2.30.